The fourth-order valence-electron chi connectivity index (χ4n) is 4.06. The van der Waals surface area contributed by atoms with Gasteiger partial charge in [0.05, 0.1) is 22.5 Å². The highest BCUT2D eigenvalue weighted by Gasteiger charge is 2.25. The van der Waals surface area contributed by atoms with Gasteiger partial charge in [-0.25, -0.2) is 9.98 Å². The fraction of sp³-hybridized carbons (Fsp3) is 0.308. The van der Waals surface area contributed by atoms with E-state index in [2.05, 4.69) is 85.9 Å². The van der Waals surface area contributed by atoms with Crippen LogP contribution in [-0.4, -0.2) is 73.2 Å². The Bertz CT molecular complexity index is 1150. The second-order valence-corrected chi connectivity index (χ2v) is 10.3. The number of rotatable bonds is 7. The van der Waals surface area contributed by atoms with Gasteiger partial charge < -0.3 is 14.4 Å². The zero-order valence-corrected chi connectivity index (χ0v) is 21.9. The number of ether oxygens (including phenoxy) is 2. The topological polar surface area (TPSA) is 50.2 Å². The summed E-state index contributed by atoms with van der Waals surface area (Å²) in [4.78, 5) is 16.7. The lowest BCUT2D eigenvalue weighted by Crippen LogP contribution is -2.49. The maximum absolute atomic E-state index is 5.81. The summed E-state index contributed by atoms with van der Waals surface area (Å²) in [5.41, 5.74) is 2.28. The number of para-hydroxylation sites is 1. The zero-order chi connectivity index (χ0) is 23.2. The second-order valence-electron chi connectivity index (χ2n) is 8.08. The van der Waals surface area contributed by atoms with Gasteiger partial charge in [-0.2, -0.15) is 0 Å². The molecule has 2 aliphatic rings. The highest BCUT2D eigenvalue weighted by atomic mass is 127. The van der Waals surface area contributed by atoms with E-state index >= 15 is 0 Å². The Morgan fingerprint density at radius 3 is 2.50 bits per heavy atom. The van der Waals surface area contributed by atoms with Crippen molar-refractivity contribution in [2.24, 2.45) is 4.99 Å². The molecule has 176 valence electrons. The molecule has 0 amide bonds. The minimum absolute atomic E-state index is 0.513. The first-order valence-corrected chi connectivity index (χ1v) is 13.4. The Morgan fingerprint density at radius 2 is 1.65 bits per heavy atom. The molecule has 0 bridgehead atoms. The van der Waals surface area contributed by atoms with Crippen LogP contribution in [0.5, 0.6) is 5.88 Å². The van der Waals surface area contributed by atoms with Gasteiger partial charge in [0.1, 0.15) is 12.4 Å². The molecule has 1 fully saturated rings. The standard InChI is InChI=1S/C26H27IN4O2S/c27-21-7-5-11-28-26(21)33-19-18-32-17-16-30-12-14-31(15-13-30)25-20-6-1-3-9-23(20)34-24-10-4-2-8-22(24)29-25/h1-11H,12-19H2. The largest absolute Gasteiger partial charge is 0.474 e. The molecule has 0 saturated carbocycles. The first kappa shape index (κ1) is 23.6. The number of benzene rings is 2. The highest BCUT2D eigenvalue weighted by molar-refractivity contribution is 14.1. The van der Waals surface area contributed by atoms with Gasteiger partial charge in [0.25, 0.3) is 0 Å². The van der Waals surface area contributed by atoms with E-state index in [1.807, 2.05) is 12.1 Å². The molecular weight excluding hydrogens is 559 g/mol. The van der Waals surface area contributed by atoms with E-state index in [9.17, 15) is 0 Å². The van der Waals surface area contributed by atoms with Crippen LogP contribution in [0.2, 0.25) is 0 Å². The number of aromatic nitrogens is 1. The number of pyridine rings is 1. The molecule has 1 saturated heterocycles. The average molecular weight is 586 g/mol. The van der Waals surface area contributed by atoms with Crippen molar-refractivity contribution in [1.29, 1.82) is 0 Å². The van der Waals surface area contributed by atoms with Crippen molar-refractivity contribution in [2.45, 2.75) is 9.79 Å². The molecule has 1 aromatic heterocycles. The zero-order valence-electron chi connectivity index (χ0n) is 18.9. The molecule has 6 nitrogen and oxygen atoms in total. The quantitative estimate of drug-likeness (QED) is 0.289. The van der Waals surface area contributed by atoms with Gasteiger partial charge in [-0.15, -0.1) is 0 Å². The summed E-state index contributed by atoms with van der Waals surface area (Å²) in [7, 11) is 0. The molecule has 0 N–H and O–H groups in total. The molecule has 0 unspecified atom stereocenters. The van der Waals surface area contributed by atoms with Crippen LogP contribution in [0.1, 0.15) is 5.56 Å². The van der Waals surface area contributed by atoms with E-state index < -0.39 is 0 Å². The molecule has 0 spiro atoms. The Hall–Kier alpha value is -2.14. The van der Waals surface area contributed by atoms with E-state index in [1.54, 1.807) is 18.0 Å². The van der Waals surface area contributed by atoms with Crippen molar-refractivity contribution in [1.82, 2.24) is 14.8 Å². The summed E-state index contributed by atoms with van der Waals surface area (Å²) < 4.78 is 12.5. The van der Waals surface area contributed by atoms with Gasteiger partial charge in [-0.05, 0) is 52.9 Å². The molecule has 0 atom stereocenters. The number of hydrogen-bond acceptors (Lipinski definition) is 7. The van der Waals surface area contributed by atoms with Crippen molar-refractivity contribution in [2.75, 3.05) is 52.5 Å². The molecule has 3 aromatic rings. The van der Waals surface area contributed by atoms with Gasteiger partial charge in [-0.1, -0.05) is 42.1 Å². The van der Waals surface area contributed by atoms with Crippen LogP contribution in [0.4, 0.5) is 5.69 Å². The number of nitrogens with zero attached hydrogens (tertiary/aromatic N) is 4. The van der Waals surface area contributed by atoms with Crippen molar-refractivity contribution < 1.29 is 9.47 Å². The Kier molecular flexibility index (Phi) is 8.00. The molecule has 0 aliphatic carbocycles. The molecule has 3 heterocycles. The van der Waals surface area contributed by atoms with Crippen LogP contribution in [0, 0.1) is 3.57 Å². The van der Waals surface area contributed by atoms with E-state index in [1.165, 1.54) is 15.4 Å². The van der Waals surface area contributed by atoms with Crippen LogP contribution in [-0.2, 0) is 4.74 Å². The first-order valence-electron chi connectivity index (χ1n) is 11.5. The van der Waals surface area contributed by atoms with E-state index in [4.69, 9.17) is 14.5 Å². The maximum atomic E-state index is 5.81. The molecule has 8 heteroatoms. The normalized spacial score (nSPS) is 15.8. The second kappa shape index (κ2) is 11.5. The number of piperazine rings is 1. The number of aliphatic imine (C=N–C) groups is 1. The highest BCUT2D eigenvalue weighted by Crippen LogP contribution is 2.40. The lowest BCUT2D eigenvalue weighted by Gasteiger charge is -2.36. The van der Waals surface area contributed by atoms with Gasteiger partial charge >= 0.3 is 0 Å². The smallest absolute Gasteiger partial charge is 0.227 e. The third-order valence-electron chi connectivity index (χ3n) is 5.85. The van der Waals surface area contributed by atoms with Crippen molar-refractivity contribution in [3.8, 4) is 5.88 Å². The van der Waals surface area contributed by atoms with Crippen molar-refractivity contribution >= 4 is 45.9 Å². The number of fused-ring (bicyclic) bond motifs is 2. The summed E-state index contributed by atoms with van der Waals surface area (Å²) in [6, 6.07) is 20.9. The summed E-state index contributed by atoms with van der Waals surface area (Å²) in [6.07, 6.45) is 1.74. The molecule has 2 aliphatic heterocycles. The predicted octanol–water partition coefficient (Wildman–Crippen LogP) is 4.94. The number of halogens is 1. The first-order chi connectivity index (χ1) is 16.8. The van der Waals surface area contributed by atoms with E-state index in [-0.39, 0.29) is 0 Å². The lowest BCUT2D eigenvalue weighted by atomic mass is 10.1. The molecular formula is C26H27IN4O2S. The van der Waals surface area contributed by atoms with Crippen LogP contribution in [0.3, 0.4) is 0 Å². The van der Waals surface area contributed by atoms with Crippen molar-refractivity contribution in [3.63, 3.8) is 0 Å². The van der Waals surface area contributed by atoms with E-state index in [0.717, 1.165) is 47.8 Å². The van der Waals surface area contributed by atoms with Crippen LogP contribution in [0.15, 0.2) is 81.6 Å². The summed E-state index contributed by atoms with van der Waals surface area (Å²) in [5, 5.41) is 0. The third-order valence-corrected chi connectivity index (χ3v) is 7.82. The van der Waals surface area contributed by atoms with Gasteiger partial charge in [-0.3, -0.25) is 4.90 Å². The molecule has 0 radical (unpaired) electrons. The Morgan fingerprint density at radius 1 is 0.853 bits per heavy atom. The van der Waals surface area contributed by atoms with Crippen LogP contribution >= 0.6 is 34.4 Å². The van der Waals surface area contributed by atoms with Gasteiger partial charge in [0, 0.05) is 54.3 Å². The number of hydrogen-bond donors (Lipinski definition) is 0. The summed E-state index contributed by atoms with van der Waals surface area (Å²) >= 11 is 4.04. The Labute approximate surface area is 218 Å². The van der Waals surface area contributed by atoms with Gasteiger partial charge in [0.2, 0.25) is 5.88 Å². The monoisotopic (exact) mass is 586 g/mol. The summed E-state index contributed by atoms with van der Waals surface area (Å²) in [5.74, 6) is 1.76. The Balaban J connectivity index is 1.11. The summed E-state index contributed by atoms with van der Waals surface area (Å²) in [6.45, 7) is 6.64. The van der Waals surface area contributed by atoms with Crippen LogP contribution in [0.25, 0.3) is 0 Å². The minimum atomic E-state index is 0.513. The fourth-order valence-corrected chi connectivity index (χ4v) is 5.58. The van der Waals surface area contributed by atoms with Gasteiger partial charge in [0.15, 0.2) is 0 Å². The predicted molar refractivity (Wildman–Crippen MR) is 144 cm³/mol. The lowest BCUT2D eigenvalue weighted by molar-refractivity contribution is 0.0691. The van der Waals surface area contributed by atoms with Crippen molar-refractivity contribution in [3.05, 3.63) is 76.0 Å². The third kappa shape index (κ3) is 5.73. The van der Waals surface area contributed by atoms with E-state index in [0.29, 0.717) is 25.7 Å². The SMILES string of the molecule is Ic1cccnc1OCCOCCN1CCN(C2=Nc3ccccc3Sc3ccccc32)CC1. The minimum Gasteiger partial charge on any atom is -0.474 e. The van der Waals surface area contributed by atoms with Crippen LogP contribution < -0.4 is 4.74 Å². The average Bonchev–Trinajstić information content (AvgIpc) is 3.04. The maximum Gasteiger partial charge on any atom is 0.227 e. The molecule has 34 heavy (non-hydrogen) atoms. The molecule has 2 aromatic carbocycles. The molecule has 5 rings (SSSR count). The number of amidine groups is 1.